The summed E-state index contributed by atoms with van der Waals surface area (Å²) < 4.78 is 36.7. The number of amides is 2. The summed E-state index contributed by atoms with van der Waals surface area (Å²) in [5.74, 6) is 0.417. The van der Waals surface area contributed by atoms with E-state index in [1.54, 1.807) is 12.3 Å². The first-order valence-electron chi connectivity index (χ1n) is 25.2. The number of carbonyl (C=O) groups is 2. The Kier molecular flexibility index (Phi) is 20.9. The van der Waals surface area contributed by atoms with E-state index in [2.05, 4.69) is 74.0 Å². The molecule has 74 heavy (non-hydrogen) atoms. The molecule has 6 heterocycles. The van der Waals surface area contributed by atoms with E-state index in [0.29, 0.717) is 31.1 Å². The first-order valence-corrected chi connectivity index (χ1v) is 27.2. The molecule has 4 aliphatic rings. The monoisotopic (exact) mass is 1140 g/mol. The fraction of sp³-hybridized carbons (Fsp3) is 0.593. The van der Waals surface area contributed by atoms with Gasteiger partial charge in [0.05, 0.1) is 51.5 Å². The number of halogens is 4. The van der Waals surface area contributed by atoms with Crippen LogP contribution in [0.25, 0.3) is 11.3 Å². The van der Waals surface area contributed by atoms with Crippen LogP contribution < -0.4 is 0 Å². The molecule has 4 saturated heterocycles. The van der Waals surface area contributed by atoms with Crippen molar-refractivity contribution in [1.82, 2.24) is 29.7 Å². The highest BCUT2D eigenvalue weighted by molar-refractivity contribution is 9.10. The number of likely N-dealkylation sites (tertiary alicyclic amines) is 2. The molecule has 0 unspecified atom stereocenters. The van der Waals surface area contributed by atoms with Crippen molar-refractivity contribution in [2.24, 2.45) is 0 Å². The number of rotatable bonds is 10. The molecule has 2 aromatic heterocycles. The van der Waals surface area contributed by atoms with Crippen LogP contribution in [-0.2, 0) is 50.5 Å². The standard InChI is InChI=1S/C21H26ClN3O2.C17H24BrNO2.C12H24B2O4.C4H2Cl2N2/c1-14-11-16(18-9-10-23-20(22)24-18)6-5-15(14)7-8-19(26)25-12-17(13-25)27-21(2,3)4;1-12-9-14(18)7-5-13(12)6-8-16(20)19-10-15(11-19)21-17(2,3)4;1-9(2)10(3,4)16-13(15-9)14-17-11(5,6)12(7,8)18-14;5-3-1-2-7-4(6)8-3/h5-6,9-11,17H,7-8,12-13H2,1-4H3;5,7,9,15H,6,8,10-11H2,1-4H3;1-8H3;1-2H. The Labute approximate surface area is 464 Å². The van der Waals surface area contributed by atoms with Crippen LogP contribution in [0.2, 0.25) is 15.7 Å². The summed E-state index contributed by atoms with van der Waals surface area (Å²) >= 11 is 20.1. The van der Waals surface area contributed by atoms with Crippen LogP contribution in [0.4, 0.5) is 0 Å². The average molecular weight is 1150 g/mol. The number of aromatic nitrogens is 4. The summed E-state index contributed by atoms with van der Waals surface area (Å²) in [6.45, 7) is 35.5. The molecular weight excluding hydrogens is 1070 g/mol. The van der Waals surface area contributed by atoms with Gasteiger partial charge in [-0.25, -0.2) is 19.9 Å². The Balaban J connectivity index is 0.000000194. The fourth-order valence-electron chi connectivity index (χ4n) is 8.12. The van der Waals surface area contributed by atoms with Crippen LogP contribution >= 0.6 is 50.7 Å². The summed E-state index contributed by atoms with van der Waals surface area (Å²) in [6.07, 6.45) is 6.13. The zero-order valence-electron chi connectivity index (χ0n) is 46.2. The molecule has 4 aliphatic heterocycles. The van der Waals surface area contributed by atoms with Gasteiger partial charge in [-0.1, -0.05) is 45.7 Å². The van der Waals surface area contributed by atoms with Gasteiger partial charge < -0.3 is 37.9 Å². The third-order valence-electron chi connectivity index (χ3n) is 13.6. The average Bonchev–Trinajstić information content (AvgIpc) is 3.61. The zero-order valence-corrected chi connectivity index (χ0v) is 50.1. The van der Waals surface area contributed by atoms with Gasteiger partial charge in [0.25, 0.3) is 0 Å². The van der Waals surface area contributed by atoms with Crippen molar-refractivity contribution in [3.63, 3.8) is 0 Å². The minimum absolute atomic E-state index is 0.131. The van der Waals surface area contributed by atoms with Crippen molar-refractivity contribution in [3.05, 3.63) is 103 Å². The number of nitrogens with zero attached hydrogens (tertiary/aromatic N) is 6. The highest BCUT2D eigenvalue weighted by Gasteiger charge is 2.63. The first-order chi connectivity index (χ1) is 34.1. The van der Waals surface area contributed by atoms with Crippen LogP contribution in [0.5, 0.6) is 0 Å². The van der Waals surface area contributed by atoms with Gasteiger partial charge in [0, 0.05) is 61.5 Å². The van der Waals surface area contributed by atoms with Gasteiger partial charge in [0.1, 0.15) is 5.15 Å². The van der Waals surface area contributed by atoms with Crippen molar-refractivity contribution >= 4 is 76.6 Å². The smallest absolute Gasteiger partial charge is 0.405 e. The van der Waals surface area contributed by atoms with Gasteiger partial charge in [-0.15, -0.1) is 0 Å². The Hall–Kier alpha value is -3.22. The number of hydrogen-bond acceptors (Lipinski definition) is 12. The SMILES string of the molecule is CC1(C)OB(B2OC(C)(C)C(C)(C)O2)OC1(C)C.Cc1cc(-c2ccnc(Cl)n2)ccc1CCC(=O)N1CC(OC(C)(C)C)C1.Cc1cc(Br)ccc1CCC(=O)N1CC(OC(C)(C)C)C1.Clc1ccnc(Cl)n1. The fourth-order valence-corrected chi connectivity index (χ4v) is 9.07. The van der Waals surface area contributed by atoms with Crippen molar-refractivity contribution in [3.8, 4) is 11.3 Å². The maximum Gasteiger partial charge on any atom is 0.488 e. The Morgan fingerprint density at radius 3 is 1.36 bits per heavy atom. The molecule has 0 N–H and O–H groups in total. The Morgan fingerprint density at radius 1 is 0.622 bits per heavy atom. The van der Waals surface area contributed by atoms with Gasteiger partial charge >= 0.3 is 14.0 Å². The van der Waals surface area contributed by atoms with Gasteiger partial charge in [-0.3, -0.25) is 9.59 Å². The molecule has 2 aromatic carbocycles. The third kappa shape index (κ3) is 17.9. The number of aryl methyl sites for hydroxylation is 4. The second-order valence-electron chi connectivity index (χ2n) is 23.1. The van der Waals surface area contributed by atoms with Crippen LogP contribution in [0.1, 0.15) is 132 Å². The van der Waals surface area contributed by atoms with E-state index in [9.17, 15) is 9.59 Å². The van der Waals surface area contributed by atoms with E-state index in [1.807, 2.05) is 125 Å². The molecule has 0 aliphatic carbocycles. The topological polar surface area (TPSA) is 148 Å². The third-order valence-corrected chi connectivity index (χ3v) is 14.7. The molecule has 4 fully saturated rings. The lowest BCUT2D eigenvalue weighted by atomic mass is 9.49. The molecule has 0 radical (unpaired) electrons. The number of carbonyl (C=O) groups excluding carboxylic acids is 2. The maximum atomic E-state index is 12.4. The second kappa shape index (κ2) is 25.1. The van der Waals surface area contributed by atoms with Crippen molar-refractivity contribution < 1.29 is 37.7 Å². The van der Waals surface area contributed by atoms with E-state index in [0.717, 1.165) is 47.2 Å². The van der Waals surface area contributed by atoms with Crippen LogP contribution in [0.15, 0.2) is 65.4 Å². The molecule has 0 spiro atoms. The second-order valence-corrected chi connectivity index (χ2v) is 25.1. The number of ether oxygens (including phenoxy) is 2. The summed E-state index contributed by atoms with van der Waals surface area (Å²) in [5, 5.41) is 0.783. The summed E-state index contributed by atoms with van der Waals surface area (Å²) in [5.41, 5.74) is 4.86. The minimum Gasteiger partial charge on any atom is -0.405 e. The van der Waals surface area contributed by atoms with Crippen molar-refractivity contribution in [2.45, 2.75) is 182 Å². The van der Waals surface area contributed by atoms with Gasteiger partial charge in [0.15, 0.2) is 0 Å². The van der Waals surface area contributed by atoms with Crippen molar-refractivity contribution in [2.75, 3.05) is 26.2 Å². The first kappa shape index (κ1) is 61.6. The molecule has 20 heteroatoms. The van der Waals surface area contributed by atoms with E-state index in [-0.39, 0.29) is 68.2 Å². The van der Waals surface area contributed by atoms with Gasteiger partial charge in [0.2, 0.25) is 22.4 Å². The van der Waals surface area contributed by atoms with Gasteiger partial charge in [-0.2, -0.15) is 0 Å². The lowest BCUT2D eigenvalue weighted by Crippen LogP contribution is -2.56. The molecule has 4 aromatic rings. The van der Waals surface area contributed by atoms with Crippen LogP contribution in [0.3, 0.4) is 0 Å². The summed E-state index contributed by atoms with van der Waals surface area (Å²) in [4.78, 5) is 43.7. The van der Waals surface area contributed by atoms with E-state index >= 15 is 0 Å². The molecule has 2 amide bonds. The number of benzene rings is 2. The van der Waals surface area contributed by atoms with Gasteiger partial charge in [-0.05, 0) is 199 Å². The largest absolute Gasteiger partial charge is 0.488 e. The highest BCUT2D eigenvalue weighted by atomic mass is 79.9. The molecule has 14 nitrogen and oxygen atoms in total. The Morgan fingerprint density at radius 2 is 1.01 bits per heavy atom. The predicted octanol–water partition coefficient (Wildman–Crippen LogP) is 11.8. The van der Waals surface area contributed by atoms with Crippen molar-refractivity contribution in [1.29, 1.82) is 0 Å². The lowest BCUT2D eigenvalue weighted by Gasteiger charge is -2.42. The summed E-state index contributed by atoms with van der Waals surface area (Å²) in [6, 6.07) is 15.8. The summed E-state index contributed by atoms with van der Waals surface area (Å²) in [7, 11) is -0.952. The molecular formula is C54H76B2BrCl3N6O8. The van der Waals surface area contributed by atoms with E-state index < -0.39 is 14.0 Å². The van der Waals surface area contributed by atoms with E-state index in [1.165, 1.54) is 22.9 Å². The molecule has 0 atom stereocenters. The number of hydrogen-bond donors (Lipinski definition) is 0. The van der Waals surface area contributed by atoms with E-state index in [4.69, 9.17) is 62.9 Å². The highest BCUT2D eigenvalue weighted by Crippen LogP contribution is 2.43. The maximum absolute atomic E-state index is 12.4. The quantitative estimate of drug-likeness (QED) is 0.0845. The molecule has 8 rings (SSSR count). The molecule has 0 bridgehead atoms. The molecule has 404 valence electrons. The lowest BCUT2D eigenvalue weighted by molar-refractivity contribution is -0.157. The van der Waals surface area contributed by atoms with Crippen LogP contribution in [-0.4, -0.2) is 128 Å². The molecule has 0 saturated carbocycles. The van der Waals surface area contributed by atoms with Crippen LogP contribution in [0, 0.1) is 13.8 Å². The minimum atomic E-state index is -0.476. The predicted molar refractivity (Wildman–Crippen MR) is 299 cm³/mol. The Bertz CT molecular complexity index is 2470. The normalized spacial score (nSPS) is 18.8. The zero-order chi connectivity index (χ0) is 55.2.